The number of methoxy groups -OCH3 is 1. The molecule has 1 aromatic heterocycles. The molecule has 0 fully saturated rings. The van der Waals surface area contributed by atoms with Crippen molar-refractivity contribution in [1.82, 2.24) is 4.98 Å². The highest BCUT2D eigenvalue weighted by atomic mass is 19.1. The number of pyridine rings is 1. The maximum Gasteiger partial charge on any atom is 0.147 e. The van der Waals surface area contributed by atoms with Gasteiger partial charge in [0.15, 0.2) is 0 Å². The number of aliphatic hydroxyl groups excluding tert-OH is 1. The lowest BCUT2D eigenvalue weighted by Gasteiger charge is -2.12. The van der Waals surface area contributed by atoms with Gasteiger partial charge in [0.25, 0.3) is 0 Å². The number of hydrogen-bond donors (Lipinski definition) is 1. The maximum atomic E-state index is 13.5. The van der Waals surface area contributed by atoms with E-state index in [-0.39, 0.29) is 5.69 Å². The Balaban J connectivity index is 2.37. The summed E-state index contributed by atoms with van der Waals surface area (Å²) in [6, 6.07) is 9.59. The fourth-order valence-corrected chi connectivity index (χ4v) is 1.57. The van der Waals surface area contributed by atoms with E-state index in [0.717, 1.165) is 0 Å². The van der Waals surface area contributed by atoms with Gasteiger partial charge in [0.2, 0.25) is 0 Å². The average molecular weight is 233 g/mol. The van der Waals surface area contributed by atoms with Crippen molar-refractivity contribution < 1.29 is 14.2 Å². The first kappa shape index (κ1) is 11.5. The Labute approximate surface area is 98.5 Å². The summed E-state index contributed by atoms with van der Waals surface area (Å²) in [5.74, 6) is 0.0840. The van der Waals surface area contributed by atoms with Gasteiger partial charge in [0, 0.05) is 6.20 Å². The van der Waals surface area contributed by atoms with Crippen molar-refractivity contribution in [2.75, 3.05) is 7.11 Å². The van der Waals surface area contributed by atoms with Gasteiger partial charge in [-0.25, -0.2) is 4.39 Å². The molecule has 4 heteroatoms. The van der Waals surface area contributed by atoms with Crippen molar-refractivity contribution >= 4 is 0 Å². The average Bonchev–Trinajstić information content (AvgIpc) is 2.38. The summed E-state index contributed by atoms with van der Waals surface area (Å²) in [6.45, 7) is 0. The molecule has 17 heavy (non-hydrogen) atoms. The van der Waals surface area contributed by atoms with Gasteiger partial charge in [-0.1, -0.05) is 12.1 Å². The van der Waals surface area contributed by atoms with Crippen LogP contribution in [0.15, 0.2) is 42.6 Å². The van der Waals surface area contributed by atoms with Crippen LogP contribution in [0.1, 0.15) is 17.4 Å². The van der Waals surface area contributed by atoms with Gasteiger partial charge in [-0.2, -0.15) is 0 Å². The van der Waals surface area contributed by atoms with Crippen LogP contribution in [0.3, 0.4) is 0 Å². The molecule has 88 valence electrons. The second-order valence-electron chi connectivity index (χ2n) is 3.55. The Morgan fingerprint density at radius 1 is 1.29 bits per heavy atom. The molecule has 0 aliphatic heterocycles. The van der Waals surface area contributed by atoms with E-state index in [0.29, 0.717) is 11.3 Å². The molecule has 0 radical (unpaired) electrons. The van der Waals surface area contributed by atoms with Gasteiger partial charge in [0.1, 0.15) is 23.4 Å². The summed E-state index contributed by atoms with van der Waals surface area (Å²) in [5.41, 5.74) is 0.558. The van der Waals surface area contributed by atoms with Gasteiger partial charge >= 0.3 is 0 Å². The Hall–Kier alpha value is -1.94. The third kappa shape index (κ3) is 2.42. The maximum absolute atomic E-state index is 13.5. The highest BCUT2D eigenvalue weighted by Crippen LogP contribution is 2.25. The van der Waals surface area contributed by atoms with Crippen molar-refractivity contribution in [3.05, 3.63) is 59.7 Å². The van der Waals surface area contributed by atoms with E-state index in [4.69, 9.17) is 4.74 Å². The summed E-state index contributed by atoms with van der Waals surface area (Å²) in [4.78, 5) is 3.84. The summed E-state index contributed by atoms with van der Waals surface area (Å²) in [7, 11) is 1.53. The number of aliphatic hydroxyl groups is 1. The van der Waals surface area contributed by atoms with Crippen LogP contribution in [-0.2, 0) is 0 Å². The molecule has 0 spiro atoms. The molecule has 2 rings (SSSR count). The number of aromatic nitrogens is 1. The molecule has 2 aromatic rings. The van der Waals surface area contributed by atoms with Crippen LogP contribution in [0.4, 0.5) is 4.39 Å². The molecule has 1 heterocycles. The van der Waals surface area contributed by atoms with Crippen LogP contribution in [0, 0.1) is 5.82 Å². The minimum Gasteiger partial charge on any atom is -0.497 e. The quantitative estimate of drug-likeness (QED) is 0.884. The molecule has 0 saturated carbocycles. The number of nitrogens with zero attached hydrogens (tertiary/aromatic N) is 1. The zero-order chi connectivity index (χ0) is 12.3. The lowest BCUT2D eigenvalue weighted by molar-refractivity contribution is 0.209. The summed E-state index contributed by atoms with van der Waals surface area (Å²) >= 11 is 0. The van der Waals surface area contributed by atoms with Gasteiger partial charge in [-0.3, -0.25) is 4.98 Å². The third-order valence-corrected chi connectivity index (χ3v) is 2.46. The summed E-state index contributed by atoms with van der Waals surface area (Å²) in [6.07, 6.45) is 0.355. The molecule has 0 amide bonds. The van der Waals surface area contributed by atoms with Gasteiger partial charge in [-0.15, -0.1) is 0 Å². The normalized spacial score (nSPS) is 12.2. The molecule has 1 N–H and O–H groups in total. The number of rotatable bonds is 3. The molecule has 0 aliphatic carbocycles. The fraction of sp³-hybridized carbons (Fsp3) is 0.154. The molecule has 3 nitrogen and oxygen atoms in total. The fourth-order valence-electron chi connectivity index (χ4n) is 1.57. The van der Waals surface area contributed by atoms with Crippen LogP contribution in [-0.4, -0.2) is 17.2 Å². The predicted octanol–water partition coefficient (Wildman–Crippen LogP) is 2.31. The lowest BCUT2D eigenvalue weighted by atomic mass is 10.1. The van der Waals surface area contributed by atoms with Crippen LogP contribution < -0.4 is 4.74 Å². The van der Waals surface area contributed by atoms with Crippen LogP contribution >= 0.6 is 0 Å². The Bertz CT molecular complexity index is 516. The second kappa shape index (κ2) is 4.93. The van der Waals surface area contributed by atoms with Crippen LogP contribution in [0.2, 0.25) is 0 Å². The lowest BCUT2D eigenvalue weighted by Crippen LogP contribution is -2.05. The minimum atomic E-state index is -1.09. The van der Waals surface area contributed by atoms with Crippen molar-refractivity contribution in [2.24, 2.45) is 0 Å². The van der Waals surface area contributed by atoms with E-state index in [1.54, 1.807) is 24.3 Å². The molecule has 0 bridgehead atoms. The van der Waals surface area contributed by atoms with Crippen molar-refractivity contribution in [2.45, 2.75) is 6.10 Å². The van der Waals surface area contributed by atoms with Crippen molar-refractivity contribution in [1.29, 1.82) is 0 Å². The first-order valence-corrected chi connectivity index (χ1v) is 5.15. The molecule has 1 unspecified atom stereocenters. The monoisotopic (exact) mass is 233 g/mol. The topological polar surface area (TPSA) is 42.4 Å². The second-order valence-corrected chi connectivity index (χ2v) is 3.55. The smallest absolute Gasteiger partial charge is 0.147 e. The number of halogens is 1. The minimum absolute atomic E-state index is 0.0146. The third-order valence-electron chi connectivity index (χ3n) is 2.46. The largest absolute Gasteiger partial charge is 0.497 e. The zero-order valence-electron chi connectivity index (χ0n) is 9.30. The van der Waals surface area contributed by atoms with E-state index in [1.807, 2.05) is 0 Å². The molecule has 1 atom stereocenters. The Morgan fingerprint density at radius 2 is 2.12 bits per heavy atom. The molecular weight excluding hydrogens is 221 g/mol. The first-order chi connectivity index (χ1) is 8.22. The van der Waals surface area contributed by atoms with E-state index < -0.39 is 11.9 Å². The highest BCUT2D eigenvalue weighted by Gasteiger charge is 2.16. The Kier molecular flexibility index (Phi) is 3.35. The molecule has 0 saturated heterocycles. The van der Waals surface area contributed by atoms with Crippen molar-refractivity contribution in [3.8, 4) is 5.75 Å². The molecular formula is C13H12FNO2. The van der Waals surface area contributed by atoms with Crippen LogP contribution in [0.5, 0.6) is 5.75 Å². The number of ether oxygens (including phenoxy) is 1. The van der Waals surface area contributed by atoms with E-state index >= 15 is 0 Å². The highest BCUT2D eigenvalue weighted by molar-refractivity contribution is 5.33. The van der Waals surface area contributed by atoms with Gasteiger partial charge < -0.3 is 9.84 Å². The van der Waals surface area contributed by atoms with E-state index in [9.17, 15) is 9.50 Å². The SMILES string of the molecule is COc1cccc(C(O)c2ncccc2F)c1. The summed E-state index contributed by atoms with van der Waals surface area (Å²) in [5, 5.41) is 10.0. The van der Waals surface area contributed by atoms with E-state index in [1.165, 1.54) is 25.4 Å². The number of benzene rings is 1. The zero-order valence-corrected chi connectivity index (χ0v) is 9.30. The molecule has 0 aliphatic rings. The van der Waals surface area contributed by atoms with Crippen LogP contribution in [0.25, 0.3) is 0 Å². The molecule has 1 aromatic carbocycles. The standard InChI is InChI=1S/C13H12FNO2/c1-17-10-5-2-4-9(8-10)13(16)12-11(14)6-3-7-15-12/h2-8,13,16H,1H3. The van der Waals surface area contributed by atoms with E-state index in [2.05, 4.69) is 4.98 Å². The Morgan fingerprint density at radius 3 is 2.82 bits per heavy atom. The van der Waals surface area contributed by atoms with Gasteiger partial charge in [-0.05, 0) is 29.8 Å². The summed E-state index contributed by atoms with van der Waals surface area (Å²) < 4.78 is 18.5. The van der Waals surface area contributed by atoms with Crippen molar-refractivity contribution in [3.63, 3.8) is 0 Å². The first-order valence-electron chi connectivity index (χ1n) is 5.15. The number of hydrogen-bond acceptors (Lipinski definition) is 3. The van der Waals surface area contributed by atoms with Gasteiger partial charge in [0.05, 0.1) is 7.11 Å². The predicted molar refractivity (Wildman–Crippen MR) is 61.3 cm³/mol.